The van der Waals surface area contributed by atoms with Crippen LogP contribution >= 0.6 is 0 Å². The van der Waals surface area contributed by atoms with Gasteiger partial charge in [-0.2, -0.15) is 5.10 Å². The summed E-state index contributed by atoms with van der Waals surface area (Å²) in [5.74, 6) is 0.360. The van der Waals surface area contributed by atoms with Gasteiger partial charge in [0, 0.05) is 31.8 Å². The summed E-state index contributed by atoms with van der Waals surface area (Å²) in [5.41, 5.74) is 8.31. The Bertz CT molecular complexity index is 895. The van der Waals surface area contributed by atoms with Gasteiger partial charge in [-0.25, -0.2) is 4.98 Å². The van der Waals surface area contributed by atoms with Gasteiger partial charge in [0.1, 0.15) is 5.82 Å². The third-order valence-electron chi connectivity index (χ3n) is 3.83. The Morgan fingerprint density at radius 1 is 1.29 bits per heavy atom. The van der Waals surface area contributed by atoms with Crippen molar-refractivity contribution >= 4 is 28.7 Å². The lowest BCUT2D eigenvalue weighted by Crippen LogP contribution is -2.24. The molecule has 2 aromatic heterocycles. The van der Waals surface area contributed by atoms with Crippen molar-refractivity contribution in [1.29, 1.82) is 0 Å². The molecule has 24 heavy (non-hydrogen) atoms. The summed E-state index contributed by atoms with van der Waals surface area (Å²) in [5, 5.41) is 5.58. The van der Waals surface area contributed by atoms with Crippen LogP contribution in [0.25, 0.3) is 17.0 Å². The molecular weight excluding hydrogens is 302 g/mol. The molecule has 122 valence electrons. The number of anilines is 1. The first-order valence-corrected chi connectivity index (χ1v) is 7.60. The summed E-state index contributed by atoms with van der Waals surface area (Å²) < 4.78 is 1.83. The van der Waals surface area contributed by atoms with Gasteiger partial charge < -0.3 is 10.6 Å². The fourth-order valence-electron chi connectivity index (χ4n) is 2.52. The highest BCUT2D eigenvalue weighted by atomic mass is 16.2. The Labute approximate surface area is 140 Å². The van der Waals surface area contributed by atoms with Gasteiger partial charge in [0.05, 0.1) is 17.8 Å². The number of para-hydroxylation sites is 1. The Morgan fingerprint density at radius 2 is 2.08 bits per heavy atom. The van der Waals surface area contributed by atoms with Gasteiger partial charge in [0.2, 0.25) is 5.91 Å². The maximum atomic E-state index is 12.3. The van der Waals surface area contributed by atoms with Gasteiger partial charge in [-0.05, 0) is 29.8 Å². The summed E-state index contributed by atoms with van der Waals surface area (Å²) in [6, 6.07) is 11.5. The van der Waals surface area contributed by atoms with E-state index in [4.69, 9.17) is 5.73 Å². The Balaban J connectivity index is 1.72. The largest absolute Gasteiger partial charge is 0.384 e. The number of pyridine rings is 1. The second-order valence-corrected chi connectivity index (χ2v) is 5.63. The quantitative estimate of drug-likeness (QED) is 0.748. The van der Waals surface area contributed by atoms with Gasteiger partial charge in [-0.3, -0.25) is 9.48 Å². The van der Waals surface area contributed by atoms with Crippen LogP contribution in [-0.4, -0.2) is 32.6 Å². The SMILES string of the molecule is CN(Cc1nn(C)c2ccccc12)C(=O)C=Cc1ccc(N)nc1. The molecule has 0 bridgehead atoms. The molecule has 0 saturated carbocycles. The lowest BCUT2D eigenvalue weighted by Gasteiger charge is -2.13. The Morgan fingerprint density at radius 3 is 2.83 bits per heavy atom. The summed E-state index contributed by atoms with van der Waals surface area (Å²) in [4.78, 5) is 17.9. The topological polar surface area (TPSA) is 77.0 Å². The van der Waals surface area contributed by atoms with Crippen LogP contribution in [0.3, 0.4) is 0 Å². The number of amides is 1. The lowest BCUT2D eigenvalue weighted by atomic mass is 10.2. The predicted octanol–water partition coefficient (Wildman–Crippen LogP) is 2.22. The molecule has 1 aromatic carbocycles. The average molecular weight is 321 g/mol. The van der Waals surface area contributed by atoms with E-state index in [9.17, 15) is 4.79 Å². The van der Waals surface area contributed by atoms with E-state index < -0.39 is 0 Å². The van der Waals surface area contributed by atoms with Gasteiger partial charge in [-0.15, -0.1) is 0 Å². The zero-order valence-corrected chi connectivity index (χ0v) is 13.7. The number of nitrogens with two attached hydrogens (primary N) is 1. The number of benzene rings is 1. The van der Waals surface area contributed by atoms with Crippen molar-refractivity contribution in [3.8, 4) is 0 Å². The van der Waals surface area contributed by atoms with Crippen molar-refractivity contribution < 1.29 is 4.79 Å². The van der Waals surface area contributed by atoms with Crippen molar-refractivity contribution in [1.82, 2.24) is 19.7 Å². The van der Waals surface area contributed by atoms with Crippen LogP contribution in [0, 0.1) is 0 Å². The molecule has 6 nitrogen and oxygen atoms in total. The number of aromatic nitrogens is 3. The second kappa shape index (κ2) is 6.54. The van der Waals surface area contributed by atoms with Crippen LogP contribution < -0.4 is 5.73 Å². The number of aryl methyl sites for hydroxylation is 1. The third-order valence-corrected chi connectivity index (χ3v) is 3.83. The molecule has 0 aliphatic heterocycles. The van der Waals surface area contributed by atoms with Crippen LogP contribution in [0.15, 0.2) is 48.7 Å². The number of likely N-dealkylation sites (N-methyl/N-ethyl adjacent to an activating group) is 1. The average Bonchev–Trinajstić information content (AvgIpc) is 2.90. The molecular formula is C18H19N5O. The van der Waals surface area contributed by atoms with E-state index in [1.807, 2.05) is 42.1 Å². The molecule has 3 rings (SSSR count). The van der Waals surface area contributed by atoms with Crippen molar-refractivity contribution in [2.45, 2.75) is 6.54 Å². The zero-order valence-electron chi connectivity index (χ0n) is 13.7. The minimum Gasteiger partial charge on any atom is -0.384 e. The molecule has 0 aliphatic rings. The van der Waals surface area contributed by atoms with Gasteiger partial charge in [-0.1, -0.05) is 18.2 Å². The molecule has 3 aromatic rings. The van der Waals surface area contributed by atoms with Crippen molar-refractivity contribution in [3.63, 3.8) is 0 Å². The van der Waals surface area contributed by atoms with Crippen LogP contribution in [0.5, 0.6) is 0 Å². The van der Waals surface area contributed by atoms with E-state index >= 15 is 0 Å². The van der Waals surface area contributed by atoms with Gasteiger partial charge >= 0.3 is 0 Å². The number of hydrogen-bond acceptors (Lipinski definition) is 4. The molecule has 0 atom stereocenters. The predicted molar refractivity (Wildman–Crippen MR) is 94.9 cm³/mol. The van der Waals surface area contributed by atoms with Crippen molar-refractivity contribution in [3.05, 3.63) is 59.9 Å². The number of nitrogens with zero attached hydrogens (tertiary/aromatic N) is 4. The molecule has 0 fully saturated rings. The highest BCUT2D eigenvalue weighted by molar-refractivity contribution is 5.92. The van der Waals surface area contributed by atoms with Crippen molar-refractivity contribution in [2.24, 2.45) is 7.05 Å². The van der Waals surface area contributed by atoms with Crippen LogP contribution in [0.4, 0.5) is 5.82 Å². The van der Waals surface area contributed by atoms with E-state index in [1.54, 1.807) is 30.3 Å². The van der Waals surface area contributed by atoms with E-state index in [1.165, 1.54) is 6.08 Å². The highest BCUT2D eigenvalue weighted by Crippen LogP contribution is 2.18. The normalized spacial score (nSPS) is 11.2. The first kappa shape index (κ1) is 15.7. The summed E-state index contributed by atoms with van der Waals surface area (Å²) >= 11 is 0. The number of carbonyl (C=O) groups excluding carboxylic acids is 1. The monoisotopic (exact) mass is 321 g/mol. The molecule has 2 N–H and O–H groups in total. The van der Waals surface area contributed by atoms with Crippen LogP contribution in [0.2, 0.25) is 0 Å². The maximum Gasteiger partial charge on any atom is 0.246 e. The van der Waals surface area contributed by atoms with Crippen LogP contribution in [0.1, 0.15) is 11.3 Å². The summed E-state index contributed by atoms with van der Waals surface area (Å²) in [6.45, 7) is 0.449. The molecule has 6 heteroatoms. The smallest absolute Gasteiger partial charge is 0.246 e. The number of carbonyl (C=O) groups is 1. The fourth-order valence-corrected chi connectivity index (χ4v) is 2.52. The number of hydrogen-bond donors (Lipinski definition) is 1. The molecule has 0 aliphatic carbocycles. The number of nitrogen functional groups attached to an aromatic ring is 1. The number of fused-ring (bicyclic) bond motifs is 1. The molecule has 0 spiro atoms. The van der Waals surface area contributed by atoms with E-state index in [2.05, 4.69) is 10.1 Å². The first-order valence-electron chi connectivity index (χ1n) is 7.60. The van der Waals surface area contributed by atoms with Crippen molar-refractivity contribution in [2.75, 3.05) is 12.8 Å². The molecule has 2 heterocycles. The van der Waals surface area contributed by atoms with E-state index in [0.29, 0.717) is 12.4 Å². The molecule has 0 unspecified atom stereocenters. The summed E-state index contributed by atoms with van der Waals surface area (Å²) in [6.07, 6.45) is 4.88. The number of rotatable bonds is 4. The Kier molecular flexibility index (Phi) is 4.29. The molecule has 0 radical (unpaired) electrons. The van der Waals surface area contributed by atoms with Gasteiger partial charge in [0.15, 0.2) is 0 Å². The van der Waals surface area contributed by atoms with E-state index in [0.717, 1.165) is 22.2 Å². The second-order valence-electron chi connectivity index (χ2n) is 5.63. The third kappa shape index (κ3) is 3.27. The fraction of sp³-hybridized carbons (Fsp3) is 0.167. The minimum absolute atomic E-state index is 0.0958. The van der Waals surface area contributed by atoms with E-state index in [-0.39, 0.29) is 5.91 Å². The standard InChI is InChI=1S/C18H19N5O/c1-22(18(24)10-8-13-7-9-17(19)20-11-13)12-15-14-5-3-4-6-16(14)23(2)21-15/h3-11H,12H2,1-2H3,(H2,19,20). The lowest BCUT2D eigenvalue weighted by molar-refractivity contribution is -0.125. The first-order chi connectivity index (χ1) is 11.5. The van der Waals surface area contributed by atoms with Crippen LogP contribution in [-0.2, 0) is 18.4 Å². The summed E-state index contributed by atoms with van der Waals surface area (Å²) in [7, 11) is 3.67. The maximum absolute atomic E-state index is 12.3. The zero-order chi connectivity index (χ0) is 17.1. The Hall–Kier alpha value is -3.15. The molecule has 1 amide bonds. The highest BCUT2D eigenvalue weighted by Gasteiger charge is 2.12. The van der Waals surface area contributed by atoms with Gasteiger partial charge in [0.25, 0.3) is 0 Å². The molecule has 0 saturated heterocycles. The minimum atomic E-state index is -0.0958.